The molecule has 0 fully saturated rings. The van der Waals surface area contributed by atoms with E-state index in [1.54, 1.807) is 51.2 Å². The maximum atomic E-state index is 12.5. The number of benzene rings is 2. The van der Waals surface area contributed by atoms with Crippen LogP contribution < -0.4 is 15.4 Å². The smallest absolute Gasteiger partial charge is 0.412 e. The van der Waals surface area contributed by atoms with Crippen molar-refractivity contribution in [3.05, 3.63) is 89.7 Å². The van der Waals surface area contributed by atoms with E-state index in [-0.39, 0.29) is 5.91 Å². The number of nitrogens with one attached hydrogen (secondary N) is 2. The summed E-state index contributed by atoms with van der Waals surface area (Å²) in [5, 5.41) is 5.52. The molecule has 166 valence electrons. The molecule has 2 N–H and O–H groups in total. The molecule has 7 nitrogen and oxygen atoms in total. The van der Waals surface area contributed by atoms with Crippen molar-refractivity contribution in [3.8, 4) is 5.75 Å². The van der Waals surface area contributed by atoms with E-state index in [0.29, 0.717) is 24.4 Å². The fourth-order valence-electron chi connectivity index (χ4n) is 2.79. The topological polar surface area (TPSA) is 89.5 Å². The van der Waals surface area contributed by atoms with Crippen LogP contribution >= 0.6 is 0 Å². The number of carbonyl (C=O) groups excluding carboxylic acids is 2. The average Bonchev–Trinajstić information content (AvgIpc) is 2.76. The number of carbonyl (C=O) groups is 2. The largest absolute Gasteiger partial charge is 0.487 e. The zero-order valence-electron chi connectivity index (χ0n) is 18.4. The molecule has 2 aromatic carbocycles. The first-order chi connectivity index (χ1) is 15.3. The Morgan fingerprint density at radius 1 is 0.969 bits per heavy atom. The van der Waals surface area contributed by atoms with Crippen LogP contribution in [0.1, 0.15) is 42.4 Å². The third-order valence-corrected chi connectivity index (χ3v) is 4.26. The Kier molecular flexibility index (Phi) is 7.44. The molecule has 3 aromatic rings. The molecule has 0 unspecified atom stereocenters. The van der Waals surface area contributed by atoms with Gasteiger partial charge in [-0.3, -0.25) is 15.1 Å². The SMILES string of the molecule is CC(C)(C)OC(=O)Nc1cccc(C(=O)NCc2ccc(OCc3ccccn3)cc2)c1. The van der Waals surface area contributed by atoms with Crippen LogP contribution in [0.2, 0.25) is 0 Å². The summed E-state index contributed by atoms with van der Waals surface area (Å²) in [6, 6.07) is 19.9. The molecule has 32 heavy (non-hydrogen) atoms. The monoisotopic (exact) mass is 433 g/mol. The molecule has 0 aliphatic carbocycles. The van der Waals surface area contributed by atoms with Crippen LogP contribution in [0.3, 0.4) is 0 Å². The number of rotatable bonds is 7. The van der Waals surface area contributed by atoms with E-state index in [1.807, 2.05) is 42.5 Å². The summed E-state index contributed by atoms with van der Waals surface area (Å²) in [4.78, 5) is 28.7. The van der Waals surface area contributed by atoms with Gasteiger partial charge in [0, 0.05) is 24.0 Å². The third kappa shape index (κ3) is 7.43. The van der Waals surface area contributed by atoms with E-state index in [4.69, 9.17) is 9.47 Å². The first kappa shape index (κ1) is 22.8. The van der Waals surface area contributed by atoms with Crippen LogP contribution in [0.5, 0.6) is 5.75 Å². The number of ether oxygens (including phenoxy) is 2. The minimum absolute atomic E-state index is 0.242. The van der Waals surface area contributed by atoms with Gasteiger partial charge in [0.1, 0.15) is 18.0 Å². The van der Waals surface area contributed by atoms with Crippen molar-refractivity contribution in [1.82, 2.24) is 10.3 Å². The summed E-state index contributed by atoms with van der Waals surface area (Å²) >= 11 is 0. The van der Waals surface area contributed by atoms with Gasteiger partial charge in [-0.2, -0.15) is 0 Å². The van der Waals surface area contributed by atoms with Crippen LogP contribution in [-0.2, 0) is 17.9 Å². The summed E-state index contributed by atoms with van der Waals surface area (Å²) in [5.41, 5.74) is 2.12. The molecule has 1 heterocycles. The molecule has 0 aliphatic rings. The van der Waals surface area contributed by atoms with Gasteiger partial charge >= 0.3 is 6.09 Å². The van der Waals surface area contributed by atoms with E-state index < -0.39 is 11.7 Å². The van der Waals surface area contributed by atoms with Crippen molar-refractivity contribution in [3.63, 3.8) is 0 Å². The Balaban J connectivity index is 1.50. The lowest BCUT2D eigenvalue weighted by Crippen LogP contribution is -2.27. The van der Waals surface area contributed by atoms with Crippen LogP contribution in [-0.4, -0.2) is 22.6 Å². The van der Waals surface area contributed by atoms with E-state index in [2.05, 4.69) is 15.6 Å². The fraction of sp³-hybridized carbons (Fsp3) is 0.240. The number of anilines is 1. The van der Waals surface area contributed by atoms with Gasteiger partial charge in [-0.05, 0) is 68.8 Å². The predicted molar refractivity (Wildman–Crippen MR) is 122 cm³/mol. The number of pyridine rings is 1. The Labute approximate surface area is 187 Å². The summed E-state index contributed by atoms with van der Waals surface area (Å²) in [5.74, 6) is 0.486. The molecule has 0 spiro atoms. The van der Waals surface area contributed by atoms with Gasteiger partial charge in [-0.15, -0.1) is 0 Å². The zero-order chi connectivity index (χ0) is 23.0. The standard InChI is InChI=1S/C25H27N3O4/c1-25(2,3)32-24(30)28-20-9-6-7-19(15-20)23(29)27-16-18-10-12-22(13-11-18)31-17-21-8-4-5-14-26-21/h4-15H,16-17H2,1-3H3,(H,27,29)(H,28,30). The number of hydrogen-bond acceptors (Lipinski definition) is 5. The van der Waals surface area contributed by atoms with Crippen molar-refractivity contribution >= 4 is 17.7 Å². The van der Waals surface area contributed by atoms with Crippen molar-refractivity contribution < 1.29 is 19.1 Å². The van der Waals surface area contributed by atoms with Gasteiger partial charge < -0.3 is 14.8 Å². The lowest BCUT2D eigenvalue weighted by molar-refractivity contribution is 0.0635. The summed E-state index contributed by atoms with van der Waals surface area (Å²) in [6.07, 6.45) is 1.16. The molecule has 7 heteroatoms. The van der Waals surface area contributed by atoms with Crippen LogP contribution in [0.15, 0.2) is 72.9 Å². The highest BCUT2D eigenvalue weighted by molar-refractivity contribution is 5.96. The normalized spacial score (nSPS) is 10.8. The Morgan fingerprint density at radius 3 is 2.44 bits per heavy atom. The van der Waals surface area contributed by atoms with E-state index in [1.165, 1.54) is 0 Å². The van der Waals surface area contributed by atoms with Crippen molar-refractivity contribution in [1.29, 1.82) is 0 Å². The number of hydrogen-bond donors (Lipinski definition) is 2. The van der Waals surface area contributed by atoms with Crippen LogP contribution in [0.4, 0.5) is 10.5 Å². The van der Waals surface area contributed by atoms with Gasteiger partial charge in [-0.1, -0.05) is 24.3 Å². The van der Waals surface area contributed by atoms with Gasteiger partial charge in [0.15, 0.2) is 0 Å². The molecule has 0 saturated carbocycles. The Bertz CT molecular complexity index is 1040. The van der Waals surface area contributed by atoms with E-state index in [0.717, 1.165) is 17.0 Å². The quantitative estimate of drug-likeness (QED) is 0.551. The van der Waals surface area contributed by atoms with Gasteiger partial charge in [0.05, 0.1) is 5.69 Å². The first-order valence-corrected chi connectivity index (χ1v) is 10.3. The van der Waals surface area contributed by atoms with Gasteiger partial charge in [-0.25, -0.2) is 4.79 Å². The molecular formula is C25H27N3O4. The van der Waals surface area contributed by atoms with Crippen LogP contribution in [0.25, 0.3) is 0 Å². The van der Waals surface area contributed by atoms with E-state index in [9.17, 15) is 9.59 Å². The number of aromatic nitrogens is 1. The number of nitrogens with zero attached hydrogens (tertiary/aromatic N) is 1. The molecular weight excluding hydrogens is 406 g/mol. The van der Waals surface area contributed by atoms with Crippen molar-refractivity contribution in [2.45, 2.75) is 39.5 Å². The lowest BCUT2D eigenvalue weighted by Gasteiger charge is -2.19. The van der Waals surface area contributed by atoms with E-state index >= 15 is 0 Å². The molecule has 0 bridgehead atoms. The second kappa shape index (κ2) is 10.4. The summed E-state index contributed by atoms with van der Waals surface area (Å²) in [7, 11) is 0. The zero-order valence-corrected chi connectivity index (χ0v) is 18.4. The first-order valence-electron chi connectivity index (χ1n) is 10.3. The van der Waals surface area contributed by atoms with Gasteiger partial charge in [0.25, 0.3) is 5.91 Å². The molecule has 0 radical (unpaired) electrons. The third-order valence-electron chi connectivity index (χ3n) is 4.26. The summed E-state index contributed by atoms with van der Waals surface area (Å²) < 4.78 is 11.0. The highest BCUT2D eigenvalue weighted by Gasteiger charge is 2.16. The number of amides is 2. The maximum Gasteiger partial charge on any atom is 0.412 e. The highest BCUT2D eigenvalue weighted by atomic mass is 16.6. The Hall–Kier alpha value is -3.87. The molecule has 0 atom stereocenters. The lowest BCUT2D eigenvalue weighted by atomic mass is 10.1. The van der Waals surface area contributed by atoms with Gasteiger partial charge in [0.2, 0.25) is 0 Å². The molecule has 0 saturated heterocycles. The second-order valence-corrected chi connectivity index (χ2v) is 8.14. The summed E-state index contributed by atoms with van der Waals surface area (Å²) in [6.45, 7) is 6.12. The molecule has 0 aliphatic heterocycles. The average molecular weight is 434 g/mol. The highest BCUT2D eigenvalue weighted by Crippen LogP contribution is 2.16. The minimum atomic E-state index is -0.599. The van der Waals surface area contributed by atoms with Crippen molar-refractivity contribution in [2.24, 2.45) is 0 Å². The predicted octanol–water partition coefficient (Wildman–Crippen LogP) is 4.94. The minimum Gasteiger partial charge on any atom is -0.487 e. The fourth-order valence-corrected chi connectivity index (χ4v) is 2.79. The molecule has 3 rings (SSSR count). The second-order valence-electron chi connectivity index (χ2n) is 8.14. The maximum absolute atomic E-state index is 12.5. The molecule has 2 amide bonds. The Morgan fingerprint density at radius 2 is 1.75 bits per heavy atom. The van der Waals surface area contributed by atoms with Crippen LogP contribution in [0, 0.1) is 0 Å². The van der Waals surface area contributed by atoms with Crippen molar-refractivity contribution in [2.75, 3.05) is 5.32 Å². The molecule has 1 aromatic heterocycles.